The molecule has 168 valence electrons. The highest BCUT2D eigenvalue weighted by atomic mass is 16.6. The third-order valence-corrected chi connectivity index (χ3v) is 4.71. The van der Waals surface area contributed by atoms with Crippen molar-refractivity contribution in [1.82, 2.24) is 5.43 Å². The van der Waals surface area contributed by atoms with Crippen LogP contribution in [0.3, 0.4) is 0 Å². The zero-order valence-electron chi connectivity index (χ0n) is 18.1. The van der Waals surface area contributed by atoms with Gasteiger partial charge in [0.05, 0.1) is 16.7 Å². The first-order chi connectivity index (χ1) is 15.8. The van der Waals surface area contributed by atoms with Crippen molar-refractivity contribution in [2.75, 3.05) is 11.9 Å². The van der Waals surface area contributed by atoms with E-state index >= 15 is 0 Å². The minimum absolute atomic E-state index is 0.130. The van der Waals surface area contributed by atoms with Crippen molar-refractivity contribution in [2.24, 2.45) is 5.10 Å². The van der Waals surface area contributed by atoms with Gasteiger partial charge in [-0.15, -0.1) is 0 Å². The summed E-state index contributed by atoms with van der Waals surface area (Å²) >= 11 is 0. The van der Waals surface area contributed by atoms with Crippen molar-refractivity contribution in [3.63, 3.8) is 0 Å². The lowest BCUT2D eigenvalue weighted by Gasteiger charge is -2.08. The number of hydrogen-bond acceptors (Lipinski definition) is 6. The number of benzene rings is 3. The van der Waals surface area contributed by atoms with Crippen molar-refractivity contribution in [3.05, 3.63) is 99.1 Å². The number of aryl methyl sites for hydroxylation is 1. The number of nitrogens with one attached hydrogen (secondary N) is 2. The zero-order chi connectivity index (χ0) is 23.8. The minimum atomic E-state index is -0.549. The lowest BCUT2D eigenvalue weighted by molar-refractivity contribution is -0.385. The summed E-state index contributed by atoms with van der Waals surface area (Å²) in [5, 5.41) is 17.7. The van der Waals surface area contributed by atoms with Crippen molar-refractivity contribution in [3.8, 4) is 5.75 Å². The Morgan fingerprint density at radius 1 is 1.03 bits per heavy atom. The SMILES string of the molecule is Cc1ccc(NC(=O)COc2ccc(/C=N\NC(=O)c3cccc([N+](=O)[O-])c3C)cc2)cc1. The second-order valence-electron chi connectivity index (χ2n) is 7.18. The molecule has 9 heteroatoms. The highest BCUT2D eigenvalue weighted by Crippen LogP contribution is 2.21. The Morgan fingerprint density at radius 2 is 1.73 bits per heavy atom. The van der Waals surface area contributed by atoms with Gasteiger partial charge in [-0.1, -0.05) is 23.8 Å². The molecule has 0 heterocycles. The molecule has 3 aromatic rings. The Labute approximate surface area is 190 Å². The molecule has 33 heavy (non-hydrogen) atoms. The fraction of sp³-hybridized carbons (Fsp3) is 0.125. The smallest absolute Gasteiger partial charge is 0.273 e. The molecule has 0 unspecified atom stereocenters. The Kier molecular flexibility index (Phi) is 7.48. The topological polar surface area (TPSA) is 123 Å². The normalized spacial score (nSPS) is 10.6. The number of ether oxygens (including phenoxy) is 1. The van der Waals surface area contributed by atoms with Crippen LogP contribution in [0, 0.1) is 24.0 Å². The summed E-state index contributed by atoms with van der Waals surface area (Å²) in [6, 6.07) is 18.5. The molecule has 2 N–H and O–H groups in total. The maximum Gasteiger partial charge on any atom is 0.273 e. The molecule has 0 saturated carbocycles. The number of carbonyl (C=O) groups excluding carboxylic acids is 2. The molecule has 0 aliphatic carbocycles. The third kappa shape index (κ3) is 6.47. The summed E-state index contributed by atoms with van der Waals surface area (Å²) in [7, 11) is 0. The Balaban J connectivity index is 1.50. The van der Waals surface area contributed by atoms with E-state index in [-0.39, 0.29) is 29.3 Å². The summed E-state index contributed by atoms with van der Waals surface area (Å²) in [6.07, 6.45) is 1.43. The predicted molar refractivity (Wildman–Crippen MR) is 125 cm³/mol. The van der Waals surface area contributed by atoms with Crippen LogP contribution in [-0.2, 0) is 4.79 Å². The fourth-order valence-electron chi connectivity index (χ4n) is 2.93. The molecule has 2 amide bonds. The molecule has 9 nitrogen and oxygen atoms in total. The van der Waals surface area contributed by atoms with Crippen molar-refractivity contribution >= 4 is 29.4 Å². The van der Waals surface area contributed by atoms with Crippen LogP contribution in [0.2, 0.25) is 0 Å². The Morgan fingerprint density at radius 3 is 2.39 bits per heavy atom. The van der Waals surface area contributed by atoms with Gasteiger partial charge >= 0.3 is 0 Å². The van der Waals surface area contributed by atoms with E-state index in [2.05, 4.69) is 15.8 Å². The first-order valence-electron chi connectivity index (χ1n) is 10.0. The van der Waals surface area contributed by atoms with Crippen LogP contribution in [-0.4, -0.2) is 29.6 Å². The Bertz CT molecular complexity index is 1190. The molecule has 0 radical (unpaired) electrons. The van der Waals surface area contributed by atoms with E-state index in [1.165, 1.54) is 31.3 Å². The molecule has 0 atom stereocenters. The van der Waals surface area contributed by atoms with Crippen LogP contribution in [0.4, 0.5) is 11.4 Å². The second kappa shape index (κ2) is 10.7. The molecule has 3 aromatic carbocycles. The first-order valence-corrected chi connectivity index (χ1v) is 10.0. The first kappa shape index (κ1) is 23.1. The maximum atomic E-state index is 12.3. The number of nitro groups is 1. The molecular weight excluding hydrogens is 424 g/mol. The van der Waals surface area contributed by atoms with Gasteiger partial charge in [0.2, 0.25) is 0 Å². The van der Waals surface area contributed by atoms with E-state index in [1.54, 1.807) is 24.3 Å². The molecule has 0 aliphatic heterocycles. The van der Waals surface area contributed by atoms with Gasteiger partial charge in [0.1, 0.15) is 5.75 Å². The van der Waals surface area contributed by atoms with Crippen LogP contribution in [0.1, 0.15) is 27.0 Å². The number of nitro benzene ring substituents is 1. The number of anilines is 1. The second-order valence-corrected chi connectivity index (χ2v) is 7.18. The molecule has 0 aliphatic rings. The van der Waals surface area contributed by atoms with E-state index in [4.69, 9.17) is 4.74 Å². The number of hydrogen-bond donors (Lipinski definition) is 2. The minimum Gasteiger partial charge on any atom is -0.484 e. The van der Waals surface area contributed by atoms with Gasteiger partial charge in [-0.25, -0.2) is 5.43 Å². The average Bonchev–Trinajstić information content (AvgIpc) is 2.80. The molecular formula is C24H22N4O5. The lowest BCUT2D eigenvalue weighted by Crippen LogP contribution is -2.20. The number of rotatable bonds is 8. The quantitative estimate of drug-likeness (QED) is 0.308. The van der Waals surface area contributed by atoms with Gasteiger partial charge in [-0.2, -0.15) is 5.10 Å². The van der Waals surface area contributed by atoms with Crippen LogP contribution < -0.4 is 15.5 Å². The number of carbonyl (C=O) groups is 2. The third-order valence-electron chi connectivity index (χ3n) is 4.71. The highest BCUT2D eigenvalue weighted by Gasteiger charge is 2.17. The summed E-state index contributed by atoms with van der Waals surface area (Å²) in [5.74, 6) is -0.321. The summed E-state index contributed by atoms with van der Waals surface area (Å²) in [4.78, 5) is 34.8. The van der Waals surface area contributed by atoms with Crippen LogP contribution in [0.5, 0.6) is 5.75 Å². The van der Waals surface area contributed by atoms with Crippen LogP contribution in [0.25, 0.3) is 0 Å². The summed E-state index contributed by atoms with van der Waals surface area (Å²) < 4.78 is 5.48. The van der Waals surface area contributed by atoms with Crippen molar-refractivity contribution in [1.29, 1.82) is 0 Å². The van der Waals surface area contributed by atoms with E-state index < -0.39 is 10.8 Å². The van der Waals surface area contributed by atoms with E-state index in [1.807, 2.05) is 31.2 Å². The average molecular weight is 446 g/mol. The summed E-state index contributed by atoms with van der Waals surface area (Å²) in [5.41, 5.74) is 5.15. The summed E-state index contributed by atoms with van der Waals surface area (Å²) in [6.45, 7) is 3.34. The number of hydrazone groups is 1. The van der Waals surface area contributed by atoms with Crippen LogP contribution >= 0.6 is 0 Å². The maximum absolute atomic E-state index is 12.3. The molecule has 0 bridgehead atoms. The zero-order valence-corrected chi connectivity index (χ0v) is 18.1. The van der Waals surface area contributed by atoms with Gasteiger partial charge in [-0.05, 0) is 61.9 Å². The van der Waals surface area contributed by atoms with Gasteiger partial charge in [0.25, 0.3) is 17.5 Å². The van der Waals surface area contributed by atoms with Crippen molar-refractivity contribution < 1.29 is 19.2 Å². The van der Waals surface area contributed by atoms with E-state index in [0.29, 0.717) is 17.0 Å². The monoisotopic (exact) mass is 446 g/mol. The standard InChI is InChI=1S/C24H22N4O5/c1-16-6-10-19(11-7-16)26-23(29)15-33-20-12-8-18(9-13-20)14-25-27-24(30)21-4-3-5-22(17(21)2)28(31)32/h3-14H,15H2,1-2H3,(H,26,29)(H,27,30)/b25-14-. The molecule has 0 aromatic heterocycles. The van der Waals surface area contributed by atoms with Crippen molar-refractivity contribution in [2.45, 2.75) is 13.8 Å². The lowest BCUT2D eigenvalue weighted by atomic mass is 10.1. The van der Waals surface area contributed by atoms with Crippen LogP contribution in [0.15, 0.2) is 71.8 Å². The van der Waals surface area contributed by atoms with Gasteiger partial charge in [0.15, 0.2) is 6.61 Å². The van der Waals surface area contributed by atoms with E-state index in [9.17, 15) is 19.7 Å². The van der Waals surface area contributed by atoms with Gasteiger partial charge < -0.3 is 10.1 Å². The highest BCUT2D eigenvalue weighted by molar-refractivity contribution is 5.97. The molecule has 0 fully saturated rings. The number of nitrogens with zero attached hydrogens (tertiary/aromatic N) is 2. The fourth-order valence-corrected chi connectivity index (χ4v) is 2.93. The van der Waals surface area contributed by atoms with E-state index in [0.717, 1.165) is 5.56 Å². The predicted octanol–water partition coefficient (Wildman–Crippen LogP) is 3.99. The molecule has 3 rings (SSSR count). The number of amides is 2. The Hall–Kier alpha value is -4.53. The van der Waals surface area contributed by atoms with Gasteiger partial charge in [-0.3, -0.25) is 19.7 Å². The largest absolute Gasteiger partial charge is 0.484 e. The molecule has 0 spiro atoms. The molecule has 0 saturated heterocycles. The van der Waals surface area contributed by atoms with Gasteiger partial charge in [0, 0.05) is 17.3 Å².